The first-order chi connectivity index (χ1) is 9.93. The van der Waals surface area contributed by atoms with Gasteiger partial charge in [0.15, 0.2) is 0 Å². The number of likely N-dealkylation sites (N-methyl/N-ethyl adjacent to an activating group) is 1. The van der Waals surface area contributed by atoms with E-state index >= 15 is 0 Å². The summed E-state index contributed by atoms with van der Waals surface area (Å²) in [6, 6.07) is 8.02. The fourth-order valence-corrected chi connectivity index (χ4v) is 2.28. The third-order valence-electron chi connectivity index (χ3n) is 3.50. The molecule has 5 nitrogen and oxygen atoms in total. The second kappa shape index (κ2) is 8.64. The van der Waals surface area contributed by atoms with Crippen molar-refractivity contribution in [2.75, 3.05) is 40.8 Å². The number of para-hydroxylation sites is 1. The van der Waals surface area contributed by atoms with Gasteiger partial charge >= 0.3 is 5.97 Å². The predicted molar refractivity (Wildman–Crippen MR) is 83.9 cm³/mol. The van der Waals surface area contributed by atoms with Crippen molar-refractivity contribution >= 4 is 5.97 Å². The molecular formula is C16H26N2O3. The molecule has 0 radical (unpaired) electrons. The molecule has 0 heterocycles. The van der Waals surface area contributed by atoms with E-state index in [-0.39, 0.29) is 12.6 Å². The van der Waals surface area contributed by atoms with Crippen molar-refractivity contribution in [3.8, 4) is 5.75 Å². The van der Waals surface area contributed by atoms with Crippen molar-refractivity contribution in [2.24, 2.45) is 0 Å². The highest BCUT2D eigenvalue weighted by atomic mass is 16.5. The topological polar surface area (TPSA) is 53.0 Å². The molecule has 0 aromatic heterocycles. The number of nitrogens with zero attached hydrogens (tertiary/aromatic N) is 2. The minimum atomic E-state index is -0.791. The number of hydrogen-bond acceptors (Lipinski definition) is 4. The summed E-state index contributed by atoms with van der Waals surface area (Å²) in [5.74, 6) is 0.0628. The summed E-state index contributed by atoms with van der Waals surface area (Å²) in [5, 5.41) is 9.08. The van der Waals surface area contributed by atoms with Gasteiger partial charge in [-0.15, -0.1) is 0 Å². The van der Waals surface area contributed by atoms with Crippen LogP contribution in [0, 0.1) is 0 Å². The fraction of sp³-hybridized carbons (Fsp3) is 0.562. The maximum atomic E-state index is 11.1. The Labute approximate surface area is 127 Å². The number of hydrogen-bond donors (Lipinski definition) is 1. The minimum Gasteiger partial charge on any atom is -0.496 e. The molecule has 0 saturated carbocycles. The van der Waals surface area contributed by atoms with E-state index in [0.717, 1.165) is 30.8 Å². The SMILES string of the molecule is COc1ccccc1CC(C)N(CCN(C)C)CC(=O)O. The normalized spacial score (nSPS) is 12.7. The van der Waals surface area contributed by atoms with Gasteiger partial charge in [0, 0.05) is 19.1 Å². The summed E-state index contributed by atoms with van der Waals surface area (Å²) in [7, 11) is 5.64. The van der Waals surface area contributed by atoms with Gasteiger partial charge in [-0.3, -0.25) is 9.69 Å². The van der Waals surface area contributed by atoms with Crippen LogP contribution in [0.1, 0.15) is 12.5 Å². The zero-order valence-corrected chi connectivity index (χ0v) is 13.4. The van der Waals surface area contributed by atoms with E-state index in [9.17, 15) is 4.79 Å². The largest absolute Gasteiger partial charge is 0.496 e. The third-order valence-corrected chi connectivity index (χ3v) is 3.50. The second-order valence-corrected chi connectivity index (χ2v) is 5.53. The Morgan fingerprint density at radius 2 is 1.95 bits per heavy atom. The van der Waals surface area contributed by atoms with Crippen molar-refractivity contribution < 1.29 is 14.6 Å². The Balaban J connectivity index is 2.74. The first-order valence-corrected chi connectivity index (χ1v) is 7.16. The lowest BCUT2D eigenvalue weighted by Gasteiger charge is -2.29. The standard InChI is InChI=1S/C16H26N2O3/c1-13(11-14-7-5-6-8-15(14)21-4)18(12-16(19)20)10-9-17(2)3/h5-8,13H,9-12H2,1-4H3,(H,19,20). The zero-order chi connectivity index (χ0) is 15.8. The van der Waals surface area contributed by atoms with Gasteiger partial charge in [-0.2, -0.15) is 0 Å². The molecule has 118 valence electrons. The van der Waals surface area contributed by atoms with Crippen LogP contribution in [-0.4, -0.2) is 67.8 Å². The van der Waals surface area contributed by atoms with Gasteiger partial charge < -0.3 is 14.7 Å². The number of methoxy groups -OCH3 is 1. The smallest absolute Gasteiger partial charge is 0.317 e. The minimum absolute atomic E-state index is 0.0597. The summed E-state index contributed by atoms with van der Waals surface area (Å²) >= 11 is 0. The molecule has 21 heavy (non-hydrogen) atoms. The van der Waals surface area contributed by atoms with E-state index in [4.69, 9.17) is 9.84 Å². The van der Waals surface area contributed by atoms with Crippen LogP contribution in [0.5, 0.6) is 5.75 Å². The molecule has 0 fully saturated rings. The van der Waals surface area contributed by atoms with Crippen LogP contribution in [0.15, 0.2) is 24.3 Å². The molecule has 1 atom stereocenters. The highest BCUT2D eigenvalue weighted by Gasteiger charge is 2.18. The predicted octanol–water partition coefficient (Wildman–Crippen LogP) is 1.57. The molecule has 0 aliphatic carbocycles. The summed E-state index contributed by atoms with van der Waals surface area (Å²) < 4.78 is 5.36. The van der Waals surface area contributed by atoms with Gasteiger partial charge in [0.05, 0.1) is 13.7 Å². The monoisotopic (exact) mass is 294 g/mol. The molecule has 0 amide bonds. The molecule has 0 spiro atoms. The third kappa shape index (κ3) is 6.14. The number of ether oxygens (including phenoxy) is 1. The molecule has 0 aliphatic rings. The number of rotatable bonds is 9. The molecule has 1 N–H and O–H groups in total. The first-order valence-electron chi connectivity index (χ1n) is 7.16. The van der Waals surface area contributed by atoms with Crippen molar-refractivity contribution in [1.29, 1.82) is 0 Å². The van der Waals surface area contributed by atoms with E-state index < -0.39 is 5.97 Å². The fourth-order valence-electron chi connectivity index (χ4n) is 2.28. The van der Waals surface area contributed by atoms with E-state index in [1.807, 2.05) is 43.3 Å². The molecule has 1 rings (SSSR count). The summed E-state index contributed by atoms with van der Waals surface area (Å²) in [6.07, 6.45) is 0.769. The molecule has 1 unspecified atom stereocenters. The van der Waals surface area contributed by atoms with Crippen molar-refractivity contribution in [3.63, 3.8) is 0 Å². The maximum absolute atomic E-state index is 11.1. The highest BCUT2D eigenvalue weighted by molar-refractivity contribution is 5.69. The second-order valence-electron chi connectivity index (χ2n) is 5.53. The molecule has 0 saturated heterocycles. The Kier molecular flexibility index (Phi) is 7.19. The number of benzene rings is 1. The lowest BCUT2D eigenvalue weighted by atomic mass is 10.0. The van der Waals surface area contributed by atoms with E-state index in [0.29, 0.717) is 0 Å². The summed E-state index contributed by atoms with van der Waals surface area (Å²) in [6.45, 7) is 3.69. The Morgan fingerprint density at radius 1 is 1.29 bits per heavy atom. The van der Waals surface area contributed by atoms with Crippen LogP contribution in [0.4, 0.5) is 0 Å². The highest BCUT2D eigenvalue weighted by Crippen LogP contribution is 2.20. The lowest BCUT2D eigenvalue weighted by molar-refractivity contribution is -0.138. The van der Waals surface area contributed by atoms with Crippen LogP contribution in [0.3, 0.4) is 0 Å². The van der Waals surface area contributed by atoms with Gasteiger partial charge in [0.2, 0.25) is 0 Å². The molecule has 1 aromatic carbocycles. The maximum Gasteiger partial charge on any atom is 0.317 e. The number of carboxylic acid groups (broad SMARTS) is 1. The molecular weight excluding hydrogens is 268 g/mol. The molecule has 5 heteroatoms. The van der Waals surface area contributed by atoms with E-state index in [2.05, 4.69) is 11.8 Å². The first kappa shape index (κ1) is 17.5. The Bertz CT molecular complexity index is 449. The van der Waals surface area contributed by atoms with E-state index in [1.54, 1.807) is 7.11 Å². The van der Waals surface area contributed by atoms with Crippen LogP contribution in [0.2, 0.25) is 0 Å². The van der Waals surface area contributed by atoms with E-state index in [1.165, 1.54) is 0 Å². The van der Waals surface area contributed by atoms with Gasteiger partial charge in [-0.25, -0.2) is 0 Å². The summed E-state index contributed by atoms with van der Waals surface area (Å²) in [4.78, 5) is 15.1. The van der Waals surface area contributed by atoms with Crippen molar-refractivity contribution in [2.45, 2.75) is 19.4 Å². The average Bonchev–Trinajstić information content (AvgIpc) is 2.43. The van der Waals surface area contributed by atoms with Crippen LogP contribution >= 0.6 is 0 Å². The number of carbonyl (C=O) groups is 1. The number of aliphatic carboxylic acids is 1. The Morgan fingerprint density at radius 3 is 2.52 bits per heavy atom. The van der Waals surface area contributed by atoms with Crippen molar-refractivity contribution in [3.05, 3.63) is 29.8 Å². The van der Waals surface area contributed by atoms with Gasteiger partial charge in [-0.1, -0.05) is 18.2 Å². The molecule has 0 aliphatic heterocycles. The molecule has 1 aromatic rings. The summed E-state index contributed by atoms with van der Waals surface area (Å²) in [5.41, 5.74) is 1.10. The van der Waals surface area contributed by atoms with Crippen LogP contribution in [0.25, 0.3) is 0 Å². The van der Waals surface area contributed by atoms with Crippen LogP contribution < -0.4 is 4.74 Å². The van der Waals surface area contributed by atoms with Gasteiger partial charge in [0.1, 0.15) is 5.75 Å². The average molecular weight is 294 g/mol. The quantitative estimate of drug-likeness (QED) is 0.749. The molecule has 0 bridgehead atoms. The zero-order valence-electron chi connectivity index (χ0n) is 13.4. The van der Waals surface area contributed by atoms with Crippen LogP contribution in [-0.2, 0) is 11.2 Å². The van der Waals surface area contributed by atoms with Crippen molar-refractivity contribution in [1.82, 2.24) is 9.80 Å². The van der Waals surface area contributed by atoms with Gasteiger partial charge in [-0.05, 0) is 39.1 Å². The number of carboxylic acids is 1. The van der Waals surface area contributed by atoms with Gasteiger partial charge in [0.25, 0.3) is 0 Å². The lowest BCUT2D eigenvalue weighted by Crippen LogP contribution is -2.42. The Hall–Kier alpha value is -1.59.